The Labute approximate surface area is 123 Å². The molecule has 0 aliphatic heterocycles. The molecule has 1 aromatic carbocycles. The van der Waals surface area contributed by atoms with Crippen LogP contribution >= 0.6 is 11.6 Å². The highest BCUT2D eigenvalue weighted by Crippen LogP contribution is 2.26. The average Bonchev–Trinajstić information content (AvgIpc) is 2.65. The summed E-state index contributed by atoms with van der Waals surface area (Å²) in [6.07, 6.45) is -5.98. The summed E-state index contributed by atoms with van der Waals surface area (Å²) >= 11 is 5.67. The lowest BCUT2D eigenvalue weighted by Gasteiger charge is -2.09. The Balaban J connectivity index is 2.04. The lowest BCUT2D eigenvalue weighted by molar-refractivity contribution is -0.134. The number of benzene rings is 1. The number of furan rings is 1. The van der Waals surface area contributed by atoms with E-state index in [4.69, 9.17) is 16.0 Å². The maximum atomic E-state index is 12.0. The van der Waals surface area contributed by atoms with Crippen LogP contribution in [0.15, 0.2) is 28.7 Å². The highest BCUT2D eigenvalue weighted by molar-refractivity contribution is 7.92. The fourth-order valence-corrected chi connectivity index (χ4v) is 3.08. The largest absolute Gasteiger partial charge is 0.445 e. The molecule has 0 unspecified atom stereocenters. The van der Waals surface area contributed by atoms with Crippen LogP contribution in [-0.2, 0) is 10.0 Å². The molecule has 1 aromatic heterocycles. The second kappa shape index (κ2) is 5.76. The first-order valence-corrected chi connectivity index (χ1v) is 7.94. The molecule has 0 amide bonds. The predicted octanol–water partition coefficient (Wildman–Crippen LogP) is 4.17. The van der Waals surface area contributed by atoms with Crippen molar-refractivity contribution in [2.45, 2.75) is 19.0 Å². The number of hydrogen-bond donors (Lipinski definition) is 1. The van der Waals surface area contributed by atoms with Gasteiger partial charge in [0.25, 0.3) is 0 Å². The first-order valence-electron chi connectivity index (χ1n) is 5.91. The van der Waals surface area contributed by atoms with Crippen LogP contribution in [0, 0.1) is 0 Å². The van der Waals surface area contributed by atoms with Crippen molar-refractivity contribution in [2.75, 3.05) is 10.5 Å². The third-order valence-corrected chi connectivity index (χ3v) is 4.19. The van der Waals surface area contributed by atoms with Gasteiger partial charge < -0.3 is 4.42 Å². The maximum absolute atomic E-state index is 12.0. The number of rotatable bonds is 5. The predicted molar refractivity (Wildman–Crippen MR) is 73.9 cm³/mol. The molecule has 0 fully saturated rings. The summed E-state index contributed by atoms with van der Waals surface area (Å²) in [4.78, 5) is 0. The first kappa shape index (κ1) is 16.0. The van der Waals surface area contributed by atoms with Gasteiger partial charge in [-0.2, -0.15) is 13.2 Å². The molecule has 1 N–H and O–H groups in total. The zero-order valence-corrected chi connectivity index (χ0v) is 12.1. The van der Waals surface area contributed by atoms with E-state index in [2.05, 4.69) is 4.72 Å². The quantitative estimate of drug-likeness (QED) is 0.888. The van der Waals surface area contributed by atoms with Gasteiger partial charge in [-0.05, 0) is 36.2 Å². The van der Waals surface area contributed by atoms with Crippen molar-refractivity contribution in [3.8, 4) is 0 Å². The van der Waals surface area contributed by atoms with E-state index in [-0.39, 0.29) is 10.9 Å². The van der Waals surface area contributed by atoms with E-state index in [1.54, 1.807) is 0 Å². The summed E-state index contributed by atoms with van der Waals surface area (Å²) in [7, 11) is -3.83. The molecular weight excluding hydrogens is 331 g/mol. The van der Waals surface area contributed by atoms with Crippen LogP contribution in [0.5, 0.6) is 0 Å². The van der Waals surface area contributed by atoms with Gasteiger partial charge in [0, 0.05) is 23.6 Å². The molecule has 116 valence electrons. The Morgan fingerprint density at radius 1 is 1.24 bits per heavy atom. The first-order chi connectivity index (χ1) is 9.65. The fraction of sp³-hybridized carbons (Fsp3) is 0.333. The zero-order valence-electron chi connectivity index (χ0n) is 10.6. The van der Waals surface area contributed by atoms with Gasteiger partial charge in [0.05, 0.1) is 5.75 Å². The SMILES string of the molecule is O=S(=O)(CCCC(F)(F)F)Nc1ccc2oc(Cl)cc2c1. The van der Waals surface area contributed by atoms with Crippen LogP contribution in [0.4, 0.5) is 18.9 Å². The smallest absolute Gasteiger partial charge is 0.389 e. The highest BCUT2D eigenvalue weighted by atomic mass is 35.5. The second-order valence-corrected chi connectivity index (χ2v) is 6.66. The second-order valence-electron chi connectivity index (χ2n) is 4.44. The molecular formula is C12H11ClF3NO3S. The van der Waals surface area contributed by atoms with Crippen LogP contribution in [-0.4, -0.2) is 20.3 Å². The van der Waals surface area contributed by atoms with Gasteiger partial charge in [-0.25, -0.2) is 8.42 Å². The minimum absolute atomic E-state index is 0.162. The topological polar surface area (TPSA) is 59.3 Å². The van der Waals surface area contributed by atoms with Crippen LogP contribution in [0.2, 0.25) is 5.22 Å². The summed E-state index contributed by atoms with van der Waals surface area (Å²) in [6.45, 7) is 0. The van der Waals surface area contributed by atoms with Crippen molar-refractivity contribution in [3.63, 3.8) is 0 Å². The molecule has 21 heavy (non-hydrogen) atoms. The fourth-order valence-electron chi connectivity index (χ4n) is 1.77. The molecule has 0 aliphatic rings. The van der Waals surface area contributed by atoms with E-state index in [0.29, 0.717) is 11.0 Å². The molecule has 2 rings (SSSR count). The van der Waals surface area contributed by atoms with E-state index in [1.807, 2.05) is 0 Å². The van der Waals surface area contributed by atoms with Gasteiger partial charge in [-0.3, -0.25) is 4.72 Å². The third-order valence-electron chi connectivity index (χ3n) is 2.63. The summed E-state index contributed by atoms with van der Waals surface area (Å²) in [6, 6.07) is 5.97. The Kier molecular flexibility index (Phi) is 4.38. The average molecular weight is 342 g/mol. The van der Waals surface area contributed by atoms with Gasteiger partial charge >= 0.3 is 6.18 Å². The molecule has 2 aromatic rings. The van der Waals surface area contributed by atoms with E-state index in [9.17, 15) is 21.6 Å². The van der Waals surface area contributed by atoms with E-state index in [0.717, 1.165) is 0 Å². The van der Waals surface area contributed by atoms with Crippen LogP contribution in [0.3, 0.4) is 0 Å². The number of anilines is 1. The summed E-state index contributed by atoms with van der Waals surface area (Å²) < 4.78 is 66.7. The zero-order chi connectivity index (χ0) is 15.7. The van der Waals surface area contributed by atoms with Gasteiger partial charge in [0.1, 0.15) is 5.58 Å². The molecule has 0 saturated carbocycles. The third kappa shape index (κ3) is 4.82. The molecule has 4 nitrogen and oxygen atoms in total. The number of nitrogens with one attached hydrogen (secondary N) is 1. The van der Waals surface area contributed by atoms with Gasteiger partial charge in [-0.1, -0.05) is 0 Å². The molecule has 0 radical (unpaired) electrons. The monoisotopic (exact) mass is 341 g/mol. The van der Waals surface area contributed by atoms with Crippen molar-refractivity contribution in [1.82, 2.24) is 0 Å². The van der Waals surface area contributed by atoms with Gasteiger partial charge in [-0.15, -0.1) is 0 Å². The Morgan fingerprint density at radius 2 is 1.95 bits per heavy atom. The Hall–Kier alpha value is -1.41. The maximum Gasteiger partial charge on any atom is 0.389 e. The number of fused-ring (bicyclic) bond motifs is 1. The van der Waals surface area contributed by atoms with Crippen molar-refractivity contribution in [2.24, 2.45) is 0 Å². The number of sulfonamides is 1. The van der Waals surface area contributed by atoms with E-state index >= 15 is 0 Å². The van der Waals surface area contributed by atoms with Gasteiger partial charge in [0.15, 0.2) is 5.22 Å². The van der Waals surface area contributed by atoms with Crippen molar-refractivity contribution in [3.05, 3.63) is 29.5 Å². The Morgan fingerprint density at radius 3 is 2.62 bits per heavy atom. The lowest BCUT2D eigenvalue weighted by atomic mass is 10.2. The molecule has 0 aliphatic carbocycles. The normalized spacial score (nSPS) is 12.8. The van der Waals surface area contributed by atoms with Crippen LogP contribution in [0.1, 0.15) is 12.8 Å². The molecule has 1 heterocycles. The summed E-state index contributed by atoms with van der Waals surface area (Å²) in [5.74, 6) is -0.601. The molecule has 9 heteroatoms. The minimum atomic E-state index is -4.36. The molecule has 0 atom stereocenters. The van der Waals surface area contributed by atoms with E-state index in [1.165, 1.54) is 24.3 Å². The van der Waals surface area contributed by atoms with E-state index < -0.39 is 34.8 Å². The minimum Gasteiger partial charge on any atom is -0.445 e. The van der Waals surface area contributed by atoms with Crippen molar-refractivity contribution in [1.29, 1.82) is 0 Å². The number of hydrogen-bond acceptors (Lipinski definition) is 3. The van der Waals surface area contributed by atoms with Crippen molar-refractivity contribution < 1.29 is 26.0 Å². The van der Waals surface area contributed by atoms with Gasteiger partial charge in [0.2, 0.25) is 10.0 Å². The summed E-state index contributed by atoms with van der Waals surface area (Å²) in [5.41, 5.74) is 0.729. The van der Waals surface area contributed by atoms with Crippen LogP contribution < -0.4 is 4.72 Å². The molecule has 0 spiro atoms. The van der Waals surface area contributed by atoms with Crippen molar-refractivity contribution >= 4 is 38.3 Å². The standard InChI is InChI=1S/C12H11ClF3NO3S/c13-11-7-8-6-9(2-3-10(8)20-11)17-21(18,19)5-1-4-12(14,15)16/h2-3,6-7,17H,1,4-5H2. The molecule has 0 saturated heterocycles. The number of halogens is 4. The molecule has 0 bridgehead atoms. The van der Waals surface area contributed by atoms with Crippen LogP contribution in [0.25, 0.3) is 11.0 Å². The number of alkyl halides is 3. The Bertz CT molecular complexity index is 740. The lowest BCUT2D eigenvalue weighted by Crippen LogP contribution is -2.18. The highest BCUT2D eigenvalue weighted by Gasteiger charge is 2.27. The summed E-state index contributed by atoms with van der Waals surface area (Å²) in [5, 5.41) is 0.755.